The number of halogens is 1. The van der Waals surface area contributed by atoms with Crippen LogP contribution in [0, 0.1) is 0 Å². The summed E-state index contributed by atoms with van der Waals surface area (Å²) in [5, 5.41) is 6.66. The third kappa shape index (κ3) is 6.36. The van der Waals surface area contributed by atoms with Gasteiger partial charge in [0, 0.05) is 50.2 Å². The van der Waals surface area contributed by atoms with Crippen molar-refractivity contribution in [1.82, 2.24) is 10.3 Å². The van der Waals surface area contributed by atoms with Gasteiger partial charge < -0.3 is 29.7 Å². The Hall–Kier alpha value is -2.27. The summed E-state index contributed by atoms with van der Waals surface area (Å²) in [4.78, 5) is 11.2. The molecule has 0 atom stereocenters. The van der Waals surface area contributed by atoms with Gasteiger partial charge in [-0.25, -0.2) is 4.98 Å². The lowest BCUT2D eigenvalue weighted by molar-refractivity contribution is 0.122. The van der Waals surface area contributed by atoms with E-state index in [0.717, 1.165) is 43.4 Å². The molecule has 164 valence electrons. The van der Waals surface area contributed by atoms with Crippen LogP contribution in [0.5, 0.6) is 11.5 Å². The van der Waals surface area contributed by atoms with Gasteiger partial charge in [-0.1, -0.05) is 6.07 Å². The Morgan fingerprint density at radius 1 is 1.23 bits per heavy atom. The number of aliphatic imine (C=N–C) groups is 1. The number of ether oxygens (including phenoxy) is 3. The summed E-state index contributed by atoms with van der Waals surface area (Å²) in [7, 11) is 3.37. The molecule has 30 heavy (non-hydrogen) atoms. The van der Waals surface area contributed by atoms with Gasteiger partial charge in [0.1, 0.15) is 5.82 Å². The summed E-state index contributed by atoms with van der Waals surface area (Å²) in [5.74, 6) is 3.04. The van der Waals surface area contributed by atoms with Gasteiger partial charge >= 0.3 is 0 Å². The minimum absolute atomic E-state index is 0. The van der Waals surface area contributed by atoms with E-state index in [-0.39, 0.29) is 24.0 Å². The third-order valence-corrected chi connectivity index (χ3v) is 4.57. The van der Waals surface area contributed by atoms with Crippen molar-refractivity contribution in [3.05, 3.63) is 42.1 Å². The van der Waals surface area contributed by atoms with E-state index in [2.05, 4.69) is 31.6 Å². The lowest BCUT2D eigenvalue weighted by Crippen LogP contribution is -2.38. The molecule has 0 aliphatic carbocycles. The van der Waals surface area contributed by atoms with Crippen molar-refractivity contribution in [2.24, 2.45) is 4.99 Å². The van der Waals surface area contributed by atoms with Crippen molar-refractivity contribution in [2.45, 2.75) is 13.5 Å². The maximum atomic E-state index is 5.65. The molecule has 1 saturated heterocycles. The van der Waals surface area contributed by atoms with Crippen molar-refractivity contribution in [3.63, 3.8) is 0 Å². The summed E-state index contributed by atoms with van der Waals surface area (Å²) < 4.78 is 16.4. The second-order valence-electron chi connectivity index (χ2n) is 6.43. The largest absolute Gasteiger partial charge is 0.493 e. The fourth-order valence-electron chi connectivity index (χ4n) is 3.15. The number of rotatable bonds is 7. The highest BCUT2D eigenvalue weighted by molar-refractivity contribution is 14.0. The van der Waals surface area contributed by atoms with Gasteiger partial charge in [0.2, 0.25) is 0 Å². The van der Waals surface area contributed by atoms with E-state index in [1.807, 2.05) is 37.4 Å². The highest BCUT2D eigenvalue weighted by atomic mass is 127. The van der Waals surface area contributed by atoms with E-state index in [1.54, 1.807) is 14.2 Å². The van der Waals surface area contributed by atoms with Crippen LogP contribution >= 0.6 is 24.0 Å². The third-order valence-electron chi connectivity index (χ3n) is 4.57. The predicted molar refractivity (Wildman–Crippen MR) is 131 cm³/mol. The number of hydrogen-bond donors (Lipinski definition) is 2. The molecule has 2 aromatic rings. The molecule has 1 aromatic heterocycles. The van der Waals surface area contributed by atoms with Crippen LogP contribution in [0.4, 0.5) is 11.5 Å². The predicted octanol–water partition coefficient (Wildman–Crippen LogP) is 3.13. The topological polar surface area (TPSA) is 80.2 Å². The van der Waals surface area contributed by atoms with Gasteiger partial charge in [0.05, 0.1) is 26.9 Å². The van der Waals surface area contributed by atoms with Crippen LogP contribution in [0.15, 0.2) is 41.5 Å². The number of guanidine groups is 1. The summed E-state index contributed by atoms with van der Waals surface area (Å²) in [6, 6.07) is 9.74. The number of anilines is 2. The highest BCUT2D eigenvalue weighted by Gasteiger charge is 2.16. The van der Waals surface area contributed by atoms with Crippen LogP contribution in [0.2, 0.25) is 0 Å². The summed E-state index contributed by atoms with van der Waals surface area (Å²) in [6.45, 7) is 6.28. The van der Waals surface area contributed by atoms with Gasteiger partial charge in [-0.05, 0) is 25.1 Å². The van der Waals surface area contributed by atoms with E-state index < -0.39 is 0 Å². The number of nitrogens with zero attached hydrogens (tertiary/aromatic N) is 3. The van der Waals surface area contributed by atoms with Crippen molar-refractivity contribution in [3.8, 4) is 11.5 Å². The fraction of sp³-hybridized carbons (Fsp3) is 0.429. The number of morpholine rings is 1. The summed E-state index contributed by atoms with van der Waals surface area (Å²) >= 11 is 0. The smallest absolute Gasteiger partial charge is 0.195 e. The van der Waals surface area contributed by atoms with Crippen LogP contribution in [-0.2, 0) is 11.3 Å². The molecule has 0 radical (unpaired) electrons. The van der Waals surface area contributed by atoms with Crippen molar-refractivity contribution in [2.75, 3.05) is 57.3 Å². The number of nitrogens with one attached hydrogen (secondary N) is 2. The highest BCUT2D eigenvalue weighted by Crippen LogP contribution is 2.30. The van der Waals surface area contributed by atoms with Crippen LogP contribution < -0.4 is 25.0 Å². The van der Waals surface area contributed by atoms with E-state index in [1.165, 1.54) is 0 Å². The molecule has 0 amide bonds. The molecule has 1 aliphatic rings. The minimum Gasteiger partial charge on any atom is -0.493 e. The number of hydrogen-bond acceptors (Lipinski definition) is 6. The molecule has 1 aromatic carbocycles. The SMILES string of the molecule is CCOc1cc(NC(=NC)NCc2cccnc2N2CCOCC2)ccc1OC.I. The number of benzene rings is 1. The van der Waals surface area contributed by atoms with Crippen LogP contribution in [-0.4, -0.2) is 58.0 Å². The molecule has 2 heterocycles. The molecular formula is C21H30IN5O3. The average molecular weight is 527 g/mol. The second kappa shape index (κ2) is 12.4. The van der Waals surface area contributed by atoms with Gasteiger partial charge in [-0.2, -0.15) is 0 Å². The zero-order valence-electron chi connectivity index (χ0n) is 17.7. The zero-order chi connectivity index (χ0) is 20.5. The number of pyridine rings is 1. The molecule has 9 heteroatoms. The van der Waals surface area contributed by atoms with Crippen molar-refractivity contribution in [1.29, 1.82) is 0 Å². The molecule has 0 unspecified atom stereocenters. The summed E-state index contributed by atoms with van der Waals surface area (Å²) in [5.41, 5.74) is 1.98. The van der Waals surface area contributed by atoms with Gasteiger partial charge in [-0.3, -0.25) is 4.99 Å². The second-order valence-corrected chi connectivity index (χ2v) is 6.43. The molecule has 0 bridgehead atoms. The van der Waals surface area contributed by atoms with Gasteiger partial charge in [0.25, 0.3) is 0 Å². The van der Waals surface area contributed by atoms with Gasteiger partial charge in [0.15, 0.2) is 17.5 Å². The average Bonchev–Trinajstić information content (AvgIpc) is 2.78. The molecule has 3 rings (SSSR count). The van der Waals surface area contributed by atoms with E-state index in [0.29, 0.717) is 30.6 Å². The first-order chi connectivity index (χ1) is 14.2. The number of methoxy groups -OCH3 is 1. The summed E-state index contributed by atoms with van der Waals surface area (Å²) in [6.07, 6.45) is 1.83. The monoisotopic (exact) mass is 527 g/mol. The normalized spacial score (nSPS) is 14.0. The molecule has 0 saturated carbocycles. The Labute approximate surface area is 195 Å². The maximum Gasteiger partial charge on any atom is 0.195 e. The molecule has 2 N–H and O–H groups in total. The lowest BCUT2D eigenvalue weighted by Gasteiger charge is -2.29. The first-order valence-corrected chi connectivity index (χ1v) is 9.80. The molecule has 8 nitrogen and oxygen atoms in total. The van der Waals surface area contributed by atoms with E-state index in [4.69, 9.17) is 14.2 Å². The molecular weight excluding hydrogens is 497 g/mol. The van der Waals surface area contributed by atoms with Crippen LogP contribution in [0.1, 0.15) is 12.5 Å². The minimum atomic E-state index is 0. The fourth-order valence-corrected chi connectivity index (χ4v) is 3.15. The van der Waals surface area contributed by atoms with Crippen LogP contribution in [0.3, 0.4) is 0 Å². The molecule has 1 fully saturated rings. The zero-order valence-corrected chi connectivity index (χ0v) is 20.0. The van der Waals surface area contributed by atoms with Crippen molar-refractivity contribution >= 4 is 41.4 Å². The van der Waals surface area contributed by atoms with E-state index in [9.17, 15) is 0 Å². The number of aromatic nitrogens is 1. The van der Waals surface area contributed by atoms with E-state index >= 15 is 0 Å². The standard InChI is InChI=1S/C21H29N5O3.HI/c1-4-29-19-14-17(7-8-18(19)27-3)25-21(22-2)24-15-16-6-5-9-23-20(16)26-10-12-28-13-11-26;/h5-9,14H,4,10-13,15H2,1-3H3,(H2,22,24,25);1H. The Bertz CT molecular complexity index is 828. The first kappa shape index (κ1) is 24.0. The van der Waals surface area contributed by atoms with Crippen LogP contribution in [0.25, 0.3) is 0 Å². The molecule has 0 spiro atoms. The first-order valence-electron chi connectivity index (χ1n) is 9.80. The molecule has 1 aliphatic heterocycles. The lowest BCUT2D eigenvalue weighted by atomic mass is 10.2. The Morgan fingerprint density at radius 3 is 2.73 bits per heavy atom. The Kier molecular flexibility index (Phi) is 9.95. The quantitative estimate of drug-likeness (QED) is 0.326. The maximum absolute atomic E-state index is 5.65. The van der Waals surface area contributed by atoms with Gasteiger partial charge in [-0.15, -0.1) is 24.0 Å². The Balaban J connectivity index is 0.00000320. The van der Waals surface area contributed by atoms with Crippen molar-refractivity contribution < 1.29 is 14.2 Å². The Morgan fingerprint density at radius 2 is 2.03 bits per heavy atom.